The van der Waals surface area contributed by atoms with Gasteiger partial charge in [-0.05, 0) is 74.2 Å². The first kappa shape index (κ1) is 29.1. The summed E-state index contributed by atoms with van der Waals surface area (Å²) in [6.07, 6.45) is 2.28. The number of rotatable bonds is 13. The smallest absolute Gasteiger partial charge is 0.251 e. The fourth-order valence-electron chi connectivity index (χ4n) is 4.73. The Morgan fingerprint density at radius 3 is 2.27 bits per heavy atom. The molecule has 4 rings (SSSR count). The van der Waals surface area contributed by atoms with Gasteiger partial charge in [-0.3, -0.25) is 4.79 Å². The van der Waals surface area contributed by atoms with E-state index in [1.165, 1.54) is 21.3 Å². The van der Waals surface area contributed by atoms with Gasteiger partial charge in [0.05, 0.1) is 39.0 Å². The summed E-state index contributed by atoms with van der Waals surface area (Å²) in [4.78, 5) is 17.7. The molecule has 0 aliphatic rings. The molecular formula is C31H36ClN3O5. The number of fused-ring (bicyclic) bond motifs is 1. The zero-order valence-electron chi connectivity index (χ0n) is 23.7. The molecule has 1 N–H and O–H groups in total. The third-order valence-electron chi connectivity index (χ3n) is 6.73. The van der Waals surface area contributed by atoms with E-state index in [9.17, 15) is 4.79 Å². The van der Waals surface area contributed by atoms with Crippen LogP contribution in [-0.4, -0.2) is 49.9 Å². The number of aromatic nitrogens is 2. The Labute approximate surface area is 240 Å². The van der Waals surface area contributed by atoms with Gasteiger partial charge in [-0.25, -0.2) is 4.98 Å². The van der Waals surface area contributed by atoms with Crippen molar-refractivity contribution >= 4 is 28.5 Å². The van der Waals surface area contributed by atoms with Gasteiger partial charge in [0.1, 0.15) is 11.6 Å². The number of amides is 1. The first-order valence-corrected chi connectivity index (χ1v) is 13.7. The molecule has 0 aliphatic carbocycles. The van der Waals surface area contributed by atoms with Crippen LogP contribution in [0.3, 0.4) is 0 Å². The number of benzene rings is 3. The highest BCUT2D eigenvalue weighted by Crippen LogP contribution is 2.38. The Hall–Kier alpha value is -3.91. The number of hydrogen-bond acceptors (Lipinski definition) is 6. The highest BCUT2D eigenvalue weighted by Gasteiger charge is 2.17. The number of nitrogens with one attached hydrogen (secondary N) is 1. The van der Waals surface area contributed by atoms with Crippen LogP contribution in [-0.2, 0) is 13.0 Å². The molecule has 1 aromatic heterocycles. The van der Waals surface area contributed by atoms with E-state index in [0.717, 1.165) is 64.6 Å². The standard InChI is InChI=1S/C31H36ClN3O5/c1-20-16-23(17-21(2)29(20)32)40-15-9-14-35-25-11-7-6-10-24(25)34-28(35)12-8-13-33-31(36)22-18-26(37-3)30(39-5)27(19-22)38-4/h6-7,10-11,16-19H,8-9,12-15H2,1-5H3,(H,33,36). The maximum Gasteiger partial charge on any atom is 0.251 e. The second kappa shape index (κ2) is 13.4. The summed E-state index contributed by atoms with van der Waals surface area (Å²) in [5, 5.41) is 3.77. The Bertz CT molecular complexity index is 1440. The lowest BCUT2D eigenvalue weighted by molar-refractivity contribution is 0.0952. The first-order chi connectivity index (χ1) is 19.4. The highest BCUT2D eigenvalue weighted by atomic mass is 35.5. The van der Waals surface area contributed by atoms with Crippen molar-refractivity contribution in [1.82, 2.24) is 14.9 Å². The average Bonchev–Trinajstić information content (AvgIpc) is 3.32. The van der Waals surface area contributed by atoms with Crippen LogP contribution in [0.15, 0.2) is 48.5 Å². The van der Waals surface area contributed by atoms with E-state index in [2.05, 4.69) is 16.0 Å². The largest absolute Gasteiger partial charge is 0.494 e. The molecule has 1 heterocycles. The predicted octanol–water partition coefficient (Wildman–Crippen LogP) is 6.16. The molecule has 0 fully saturated rings. The maximum atomic E-state index is 12.8. The molecule has 4 aromatic rings. The quantitative estimate of drug-likeness (QED) is 0.195. The van der Waals surface area contributed by atoms with E-state index in [1.54, 1.807) is 12.1 Å². The molecule has 0 saturated carbocycles. The van der Waals surface area contributed by atoms with Crippen molar-refractivity contribution in [1.29, 1.82) is 0 Å². The number of carbonyl (C=O) groups is 1. The summed E-state index contributed by atoms with van der Waals surface area (Å²) in [6, 6.07) is 15.4. The van der Waals surface area contributed by atoms with Gasteiger partial charge in [0.25, 0.3) is 5.91 Å². The minimum Gasteiger partial charge on any atom is -0.494 e. The molecule has 3 aromatic carbocycles. The van der Waals surface area contributed by atoms with E-state index < -0.39 is 0 Å². The Kier molecular flexibility index (Phi) is 9.77. The molecule has 9 heteroatoms. The van der Waals surface area contributed by atoms with Gasteiger partial charge in [0.15, 0.2) is 11.5 Å². The number of hydrogen-bond donors (Lipinski definition) is 1. The van der Waals surface area contributed by atoms with E-state index >= 15 is 0 Å². The Morgan fingerprint density at radius 1 is 0.950 bits per heavy atom. The molecule has 0 unspecified atom stereocenters. The predicted molar refractivity (Wildman–Crippen MR) is 158 cm³/mol. The minimum absolute atomic E-state index is 0.211. The monoisotopic (exact) mass is 565 g/mol. The van der Waals surface area contributed by atoms with Gasteiger partial charge in [-0.15, -0.1) is 0 Å². The number of aryl methyl sites for hydroxylation is 4. The topological polar surface area (TPSA) is 83.8 Å². The molecular weight excluding hydrogens is 530 g/mol. The van der Waals surface area contributed by atoms with Gasteiger partial charge in [-0.1, -0.05) is 23.7 Å². The number of methoxy groups -OCH3 is 3. The van der Waals surface area contributed by atoms with E-state index in [-0.39, 0.29) is 5.91 Å². The number of imidazole rings is 1. The third-order valence-corrected chi connectivity index (χ3v) is 7.32. The van der Waals surface area contributed by atoms with Gasteiger partial charge in [0.2, 0.25) is 5.75 Å². The average molecular weight is 566 g/mol. The zero-order valence-corrected chi connectivity index (χ0v) is 24.4. The van der Waals surface area contributed by atoms with Crippen molar-refractivity contribution in [3.8, 4) is 23.0 Å². The number of carbonyl (C=O) groups excluding carboxylic acids is 1. The summed E-state index contributed by atoms with van der Waals surface area (Å²) >= 11 is 6.28. The van der Waals surface area contributed by atoms with Crippen molar-refractivity contribution in [2.45, 2.75) is 39.7 Å². The Morgan fingerprint density at radius 2 is 1.62 bits per heavy atom. The van der Waals surface area contributed by atoms with Gasteiger partial charge in [-0.2, -0.15) is 0 Å². The summed E-state index contributed by atoms with van der Waals surface area (Å²) in [5.74, 6) is 2.93. The number of ether oxygens (including phenoxy) is 4. The van der Waals surface area contributed by atoms with Crippen molar-refractivity contribution in [3.05, 3.63) is 76.1 Å². The van der Waals surface area contributed by atoms with Crippen LogP contribution >= 0.6 is 11.6 Å². The van der Waals surface area contributed by atoms with Crippen LogP contribution in [0.25, 0.3) is 11.0 Å². The highest BCUT2D eigenvalue weighted by molar-refractivity contribution is 6.32. The summed E-state index contributed by atoms with van der Waals surface area (Å²) in [5.41, 5.74) is 4.52. The van der Waals surface area contributed by atoms with Gasteiger partial charge >= 0.3 is 0 Å². The molecule has 1 amide bonds. The Balaban J connectivity index is 1.36. The normalized spacial score (nSPS) is 10.9. The fraction of sp³-hybridized carbons (Fsp3) is 0.355. The van der Waals surface area contributed by atoms with Crippen LogP contribution in [0.1, 0.15) is 40.2 Å². The maximum absolute atomic E-state index is 12.8. The lowest BCUT2D eigenvalue weighted by Gasteiger charge is -2.14. The SMILES string of the molecule is COc1cc(C(=O)NCCCc2nc3ccccc3n2CCCOc2cc(C)c(Cl)c(C)c2)cc(OC)c1OC. The van der Waals surface area contributed by atoms with Crippen LogP contribution in [0.2, 0.25) is 5.02 Å². The third kappa shape index (κ3) is 6.62. The fourth-order valence-corrected chi connectivity index (χ4v) is 4.84. The molecule has 0 atom stereocenters. The number of nitrogens with zero attached hydrogens (tertiary/aromatic N) is 2. The van der Waals surface area contributed by atoms with Crippen LogP contribution in [0, 0.1) is 13.8 Å². The molecule has 212 valence electrons. The molecule has 0 radical (unpaired) electrons. The second-order valence-electron chi connectivity index (χ2n) is 9.51. The zero-order chi connectivity index (χ0) is 28.6. The molecule has 0 saturated heterocycles. The summed E-state index contributed by atoms with van der Waals surface area (Å²) in [6.45, 7) is 5.83. The molecule has 8 nitrogen and oxygen atoms in total. The van der Waals surface area contributed by atoms with E-state index in [4.69, 9.17) is 35.5 Å². The molecule has 40 heavy (non-hydrogen) atoms. The lowest BCUT2D eigenvalue weighted by atomic mass is 10.1. The lowest BCUT2D eigenvalue weighted by Crippen LogP contribution is -2.25. The molecule has 0 bridgehead atoms. The number of halogens is 1. The van der Waals surface area contributed by atoms with Crippen LogP contribution in [0.4, 0.5) is 0 Å². The van der Waals surface area contributed by atoms with Crippen molar-refractivity contribution < 1.29 is 23.7 Å². The summed E-state index contributed by atoms with van der Waals surface area (Å²) < 4.78 is 24.3. The van der Waals surface area contributed by atoms with Crippen LogP contribution in [0.5, 0.6) is 23.0 Å². The number of para-hydroxylation sites is 2. The summed E-state index contributed by atoms with van der Waals surface area (Å²) in [7, 11) is 4.58. The minimum atomic E-state index is -0.211. The van der Waals surface area contributed by atoms with Gasteiger partial charge < -0.3 is 28.8 Å². The van der Waals surface area contributed by atoms with Crippen molar-refractivity contribution in [3.63, 3.8) is 0 Å². The first-order valence-electron chi connectivity index (χ1n) is 13.3. The molecule has 0 aliphatic heterocycles. The van der Waals surface area contributed by atoms with E-state index in [0.29, 0.717) is 36.0 Å². The van der Waals surface area contributed by atoms with Crippen molar-refractivity contribution in [2.75, 3.05) is 34.5 Å². The van der Waals surface area contributed by atoms with Gasteiger partial charge in [0, 0.05) is 30.1 Å². The molecule has 0 spiro atoms. The van der Waals surface area contributed by atoms with E-state index in [1.807, 2.05) is 44.2 Å². The van der Waals surface area contributed by atoms with Crippen LogP contribution < -0.4 is 24.3 Å². The van der Waals surface area contributed by atoms with Crippen molar-refractivity contribution in [2.24, 2.45) is 0 Å². The second-order valence-corrected chi connectivity index (χ2v) is 9.89.